The van der Waals surface area contributed by atoms with Crippen molar-refractivity contribution in [1.82, 2.24) is 15.2 Å². The molecule has 6 nitrogen and oxygen atoms in total. The smallest absolute Gasteiger partial charge is 0.252 e. The van der Waals surface area contributed by atoms with Gasteiger partial charge >= 0.3 is 0 Å². The molecule has 3 rings (SSSR count). The van der Waals surface area contributed by atoms with Gasteiger partial charge in [-0.2, -0.15) is 0 Å². The number of nitrogens with one attached hydrogen (secondary N) is 2. The molecule has 144 valence electrons. The molecule has 0 unspecified atom stereocenters. The van der Waals surface area contributed by atoms with Gasteiger partial charge in [0, 0.05) is 43.9 Å². The van der Waals surface area contributed by atoms with Gasteiger partial charge < -0.3 is 15.4 Å². The fourth-order valence-electron chi connectivity index (χ4n) is 2.91. The number of benzene rings is 1. The summed E-state index contributed by atoms with van der Waals surface area (Å²) in [6, 6.07) is 11.3. The molecule has 2 aromatic rings. The van der Waals surface area contributed by atoms with Gasteiger partial charge in [-0.25, -0.2) is 4.98 Å². The third kappa shape index (κ3) is 6.50. The van der Waals surface area contributed by atoms with Gasteiger partial charge in [0.1, 0.15) is 5.82 Å². The van der Waals surface area contributed by atoms with Crippen LogP contribution in [-0.4, -0.2) is 61.7 Å². The van der Waals surface area contributed by atoms with Gasteiger partial charge in [-0.1, -0.05) is 23.7 Å². The summed E-state index contributed by atoms with van der Waals surface area (Å²) >= 11 is 5.97. The summed E-state index contributed by atoms with van der Waals surface area (Å²) in [6.07, 6.45) is 2.34. The van der Waals surface area contributed by atoms with Gasteiger partial charge in [0.2, 0.25) is 0 Å². The van der Waals surface area contributed by atoms with E-state index < -0.39 is 0 Å². The van der Waals surface area contributed by atoms with Crippen molar-refractivity contribution in [1.29, 1.82) is 0 Å². The van der Waals surface area contributed by atoms with Crippen molar-refractivity contribution in [2.45, 2.75) is 6.42 Å². The van der Waals surface area contributed by atoms with Gasteiger partial charge in [-0.05, 0) is 36.2 Å². The minimum Gasteiger partial charge on any atom is -0.379 e. The van der Waals surface area contributed by atoms with E-state index in [0.717, 1.165) is 57.2 Å². The van der Waals surface area contributed by atoms with Crippen LogP contribution in [0.3, 0.4) is 0 Å². The Morgan fingerprint density at radius 2 is 2.04 bits per heavy atom. The molecule has 0 bridgehead atoms. The normalized spacial score (nSPS) is 14.7. The van der Waals surface area contributed by atoms with E-state index in [0.29, 0.717) is 17.1 Å². The fraction of sp³-hybridized carbons (Fsp3) is 0.400. The van der Waals surface area contributed by atoms with Crippen LogP contribution in [0.2, 0.25) is 5.02 Å². The Morgan fingerprint density at radius 1 is 1.19 bits per heavy atom. The number of anilines is 1. The highest BCUT2D eigenvalue weighted by Gasteiger charge is 2.10. The first-order chi connectivity index (χ1) is 13.2. The molecule has 0 aliphatic carbocycles. The molecule has 1 aromatic heterocycles. The molecule has 1 fully saturated rings. The highest BCUT2D eigenvalue weighted by molar-refractivity contribution is 6.30. The monoisotopic (exact) mass is 388 g/mol. The summed E-state index contributed by atoms with van der Waals surface area (Å²) in [4.78, 5) is 18.9. The number of carbonyl (C=O) groups excluding carboxylic acids is 1. The summed E-state index contributed by atoms with van der Waals surface area (Å²) in [7, 11) is 0. The third-order valence-corrected chi connectivity index (χ3v) is 4.69. The van der Waals surface area contributed by atoms with Crippen molar-refractivity contribution >= 4 is 23.3 Å². The van der Waals surface area contributed by atoms with Crippen LogP contribution in [0.25, 0.3) is 0 Å². The topological polar surface area (TPSA) is 66.5 Å². The van der Waals surface area contributed by atoms with Crippen LogP contribution in [0.5, 0.6) is 0 Å². The minimum atomic E-state index is -0.121. The highest BCUT2D eigenvalue weighted by Crippen LogP contribution is 2.11. The van der Waals surface area contributed by atoms with Gasteiger partial charge in [0.15, 0.2) is 0 Å². The molecule has 0 saturated carbocycles. The van der Waals surface area contributed by atoms with Crippen molar-refractivity contribution < 1.29 is 9.53 Å². The minimum absolute atomic E-state index is 0.121. The average Bonchev–Trinajstić information content (AvgIpc) is 2.69. The fourth-order valence-corrected chi connectivity index (χ4v) is 3.13. The van der Waals surface area contributed by atoms with E-state index in [2.05, 4.69) is 20.5 Å². The standard InChI is InChI=1S/C20H25ClN4O2/c21-18-3-1-2-16(14-18)6-7-23-20(26)17-4-5-19(24-15-17)22-8-9-25-10-12-27-13-11-25/h1-5,14-15H,6-13H2,(H,22,24)(H,23,26). The van der Waals surface area contributed by atoms with E-state index in [1.54, 1.807) is 12.3 Å². The number of halogens is 1. The van der Waals surface area contributed by atoms with Crippen LogP contribution in [0.1, 0.15) is 15.9 Å². The van der Waals surface area contributed by atoms with Crippen molar-refractivity contribution in [3.63, 3.8) is 0 Å². The van der Waals surface area contributed by atoms with Gasteiger partial charge in [0.25, 0.3) is 5.91 Å². The molecule has 2 heterocycles. The Balaban J connectivity index is 1.38. The molecule has 1 amide bonds. The Hall–Kier alpha value is -2.15. The number of aromatic nitrogens is 1. The summed E-state index contributed by atoms with van der Waals surface area (Å²) in [5, 5.41) is 6.91. The second kappa shape index (κ2) is 10.3. The molecule has 1 aliphatic heterocycles. The number of rotatable bonds is 8. The van der Waals surface area contributed by atoms with Gasteiger partial charge in [0.05, 0.1) is 18.8 Å². The number of amides is 1. The number of hydrogen-bond acceptors (Lipinski definition) is 5. The number of pyridine rings is 1. The third-order valence-electron chi connectivity index (χ3n) is 4.45. The Bertz CT molecular complexity index is 733. The molecule has 7 heteroatoms. The number of hydrogen-bond donors (Lipinski definition) is 2. The lowest BCUT2D eigenvalue weighted by atomic mass is 10.1. The Kier molecular flexibility index (Phi) is 7.45. The molecule has 0 spiro atoms. The first-order valence-corrected chi connectivity index (χ1v) is 9.61. The van der Waals surface area contributed by atoms with Gasteiger partial charge in [-0.15, -0.1) is 0 Å². The molecule has 0 atom stereocenters. The highest BCUT2D eigenvalue weighted by atomic mass is 35.5. The van der Waals surface area contributed by atoms with Crippen molar-refractivity contribution in [3.05, 3.63) is 58.7 Å². The van der Waals surface area contributed by atoms with Crippen LogP contribution in [0.4, 0.5) is 5.82 Å². The second-order valence-corrected chi connectivity index (χ2v) is 6.89. The van der Waals surface area contributed by atoms with E-state index in [9.17, 15) is 4.79 Å². The first kappa shape index (κ1) is 19.6. The van der Waals surface area contributed by atoms with E-state index >= 15 is 0 Å². The average molecular weight is 389 g/mol. The van der Waals surface area contributed by atoms with Crippen molar-refractivity contribution in [2.24, 2.45) is 0 Å². The van der Waals surface area contributed by atoms with Gasteiger partial charge in [-0.3, -0.25) is 9.69 Å². The first-order valence-electron chi connectivity index (χ1n) is 9.23. The zero-order valence-corrected chi connectivity index (χ0v) is 16.0. The molecular formula is C20H25ClN4O2. The van der Waals surface area contributed by atoms with Crippen LogP contribution in [-0.2, 0) is 11.2 Å². The predicted molar refractivity (Wildman–Crippen MR) is 107 cm³/mol. The number of nitrogens with zero attached hydrogens (tertiary/aromatic N) is 2. The maximum Gasteiger partial charge on any atom is 0.252 e. The zero-order chi connectivity index (χ0) is 18.9. The van der Waals surface area contributed by atoms with E-state index in [1.807, 2.05) is 30.3 Å². The van der Waals surface area contributed by atoms with E-state index in [1.165, 1.54) is 0 Å². The molecule has 27 heavy (non-hydrogen) atoms. The maximum absolute atomic E-state index is 12.2. The largest absolute Gasteiger partial charge is 0.379 e. The van der Waals surface area contributed by atoms with Crippen LogP contribution < -0.4 is 10.6 Å². The van der Waals surface area contributed by atoms with Crippen molar-refractivity contribution in [2.75, 3.05) is 51.3 Å². The van der Waals surface area contributed by atoms with E-state index in [-0.39, 0.29) is 5.91 Å². The van der Waals surface area contributed by atoms with Crippen LogP contribution >= 0.6 is 11.6 Å². The second-order valence-electron chi connectivity index (χ2n) is 6.45. The zero-order valence-electron chi connectivity index (χ0n) is 15.3. The molecule has 1 aromatic carbocycles. The van der Waals surface area contributed by atoms with Crippen molar-refractivity contribution in [3.8, 4) is 0 Å². The molecule has 1 aliphatic rings. The molecule has 2 N–H and O–H groups in total. The lowest BCUT2D eigenvalue weighted by Crippen LogP contribution is -2.39. The maximum atomic E-state index is 12.2. The molecule has 0 radical (unpaired) electrons. The molecule has 1 saturated heterocycles. The lowest BCUT2D eigenvalue weighted by Gasteiger charge is -2.26. The summed E-state index contributed by atoms with van der Waals surface area (Å²) in [5.74, 6) is 0.656. The SMILES string of the molecule is O=C(NCCc1cccc(Cl)c1)c1ccc(NCCN2CCOCC2)nc1. The quantitative estimate of drug-likeness (QED) is 0.727. The number of ether oxygens (including phenoxy) is 1. The molecular weight excluding hydrogens is 364 g/mol. The summed E-state index contributed by atoms with van der Waals surface area (Å²) in [5.41, 5.74) is 1.65. The Morgan fingerprint density at radius 3 is 2.78 bits per heavy atom. The van der Waals surface area contributed by atoms with E-state index in [4.69, 9.17) is 16.3 Å². The summed E-state index contributed by atoms with van der Waals surface area (Å²) in [6.45, 7) is 5.89. The predicted octanol–water partition coefficient (Wildman–Crippen LogP) is 2.45. The number of carbonyl (C=O) groups is 1. The van der Waals surface area contributed by atoms with Crippen LogP contribution in [0.15, 0.2) is 42.6 Å². The number of morpholine rings is 1. The Labute approximate surface area is 164 Å². The lowest BCUT2D eigenvalue weighted by molar-refractivity contribution is 0.0398. The van der Waals surface area contributed by atoms with Crippen LogP contribution in [0, 0.1) is 0 Å². The summed E-state index contributed by atoms with van der Waals surface area (Å²) < 4.78 is 5.34.